The van der Waals surface area contributed by atoms with E-state index in [2.05, 4.69) is 66.1 Å². The first-order valence-electron chi connectivity index (χ1n) is 10.9. The lowest BCUT2D eigenvalue weighted by Crippen LogP contribution is -2.52. The van der Waals surface area contributed by atoms with Crippen LogP contribution in [0.1, 0.15) is 47.9 Å². The van der Waals surface area contributed by atoms with E-state index in [4.69, 9.17) is 4.74 Å². The molecular weight excluding hydrogens is 344 g/mol. The molecule has 0 N–H and O–H groups in total. The van der Waals surface area contributed by atoms with Crippen LogP contribution in [0, 0.1) is 13.8 Å². The van der Waals surface area contributed by atoms with Crippen LogP contribution in [0.15, 0.2) is 42.5 Å². The number of fused-ring (bicyclic) bond motifs is 2. The van der Waals surface area contributed by atoms with E-state index in [0.717, 1.165) is 25.7 Å². The number of piperazine rings is 1. The molecule has 2 aromatic carbocycles. The summed E-state index contributed by atoms with van der Waals surface area (Å²) in [5.74, 6) is 0. The second-order valence-corrected chi connectivity index (χ2v) is 8.98. The highest BCUT2D eigenvalue weighted by Gasteiger charge is 2.43. The predicted molar refractivity (Wildman–Crippen MR) is 115 cm³/mol. The summed E-state index contributed by atoms with van der Waals surface area (Å²) in [5, 5.41) is 0. The summed E-state index contributed by atoms with van der Waals surface area (Å²) in [6, 6.07) is 16.4. The highest BCUT2D eigenvalue weighted by Crippen LogP contribution is 2.47. The minimum absolute atomic E-state index is 0.00786. The van der Waals surface area contributed by atoms with Gasteiger partial charge >= 0.3 is 0 Å². The molecule has 0 aromatic heterocycles. The van der Waals surface area contributed by atoms with Crippen molar-refractivity contribution in [2.45, 2.75) is 57.8 Å². The quantitative estimate of drug-likeness (QED) is 0.749. The molecule has 1 saturated carbocycles. The summed E-state index contributed by atoms with van der Waals surface area (Å²) in [5.41, 5.74) is 7.06. The monoisotopic (exact) mass is 376 g/mol. The molecule has 3 heteroatoms. The molecule has 0 atom stereocenters. The number of benzene rings is 2. The topological polar surface area (TPSA) is 15.7 Å². The lowest BCUT2D eigenvalue weighted by molar-refractivity contribution is -0.0777. The van der Waals surface area contributed by atoms with Crippen molar-refractivity contribution in [2.24, 2.45) is 0 Å². The van der Waals surface area contributed by atoms with E-state index in [9.17, 15) is 0 Å². The molecular formula is C25H32N2O. The molecule has 0 unspecified atom stereocenters. The van der Waals surface area contributed by atoms with Crippen LogP contribution in [0.5, 0.6) is 0 Å². The molecule has 2 fully saturated rings. The molecule has 5 rings (SSSR count). The number of anilines is 1. The van der Waals surface area contributed by atoms with Crippen LogP contribution in [0.4, 0.5) is 5.69 Å². The van der Waals surface area contributed by atoms with E-state index < -0.39 is 0 Å². The van der Waals surface area contributed by atoms with Gasteiger partial charge in [0.2, 0.25) is 0 Å². The van der Waals surface area contributed by atoms with Gasteiger partial charge in [-0.05, 0) is 62.3 Å². The summed E-state index contributed by atoms with van der Waals surface area (Å²) in [7, 11) is 0. The number of aryl methyl sites for hydroxylation is 2. The Balaban J connectivity index is 1.20. The number of hydrogen-bond acceptors (Lipinski definition) is 3. The summed E-state index contributed by atoms with van der Waals surface area (Å²) in [6.45, 7) is 9.88. The van der Waals surface area contributed by atoms with Gasteiger partial charge in [0, 0.05) is 37.9 Å². The van der Waals surface area contributed by atoms with Gasteiger partial charge in [-0.25, -0.2) is 0 Å². The zero-order valence-corrected chi connectivity index (χ0v) is 17.3. The van der Waals surface area contributed by atoms with Crippen LogP contribution >= 0.6 is 0 Å². The molecule has 3 aliphatic rings. The van der Waals surface area contributed by atoms with Crippen molar-refractivity contribution in [3.05, 3.63) is 64.7 Å². The van der Waals surface area contributed by atoms with Crippen LogP contribution in [0.2, 0.25) is 0 Å². The third kappa shape index (κ3) is 3.15. The molecule has 1 aliphatic carbocycles. The Hall–Kier alpha value is -1.84. The van der Waals surface area contributed by atoms with E-state index in [-0.39, 0.29) is 5.60 Å². The molecule has 0 bridgehead atoms. The fourth-order valence-corrected chi connectivity index (χ4v) is 5.72. The molecule has 0 radical (unpaired) electrons. The first-order chi connectivity index (χ1) is 13.6. The minimum atomic E-state index is 0.00786. The Labute approximate surface area is 169 Å². The number of hydrogen-bond donors (Lipinski definition) is 0. The van der Waals surface area contributed by atoms with Crippen molar-refractivity contribution >= 4 is 5.69 Å². The van der Waals surface area contributed by atoms with Crippen molar-refractivity contribution < 1.29 is 4.74 Å². The van der Waals surface area contributed by atoms with Crippen LogP contribution in [0.3, 0.4) is 0 Å². The maximum absolute atomic E-state index is 6.36. The van der Waals surface area contributed by atoms with Gasteiger partial charge < -0.3 is 9.64 Å². The average molecular weight is 377 g/mol. The fraction of sp³-hybridized carbons (Fsp3) is 0.520. The van der Waals surface area contributed by atoms with Crippen LogP contribution < -0.4 is 4.90 Å². The van der Waals surface area contributed by atoms with E-state index in [1.165, 1.54) is 66.7 Å². The Morgan fingerprint density at radius 1 is 0.929 bits per heavy atom. The lowest BCUT2D eigenvalue weighted by atomic mass is 9.77. The van der Waals surface area contributed by atoms with Gasteiger partial charge in [0.1, 0.15) is 0 Å². The summed E-state index contributed by atoms with van der Waals surface area (Å²) in [4.78, 5) is 5.32. The Kier molecular flexibility index (Phi) is 4.68. The molecule has 2 heterocycles. The Morgan fingerprint density at radius 3 is 2.43 bits per heavy atom. The van der Waals surface area contributed by atoms with Gasteiger partial charge in [0.05, 0.1) is 12.2 Å². The van der Waals surface area contributed by atoms with Gasteiger partial charge in [-0.2, -0.15) is 0 Å². The second kappa shape index (κ2) is 7.20. The summed E-state index contributed by atoms with van der Waals surface area (Å²) < 4.78 is 6.36. The largest absolute Gasteiger partial charge is 0.369 e. The molecule has 3 nitrogen and oxygen atoms in total. The molecule has 2 aliphatic heterocycles. The van der Waals surface area contributed by atoms with Crippen molar-refractivity contribution in [3.8, 4) is 0 Å². The Bertz CT molecular complexity index is 845. The minimum Gasteiger partial charge on any atom is -0.369 e. The highest BCUT2D eigenvalue weighted by atomic mass is 16.5. The van der Waals surface area contributed by atoms with Gasteiger partial charge in [-0.3, -0.25) is 4.90 Å². The molecule has 2 aromatic rings. The van der Waals surface area contributed by atoms with Gasteiger partial charge in [0.15, 0.2) is 0 Å². The van der Waals surface area contributed by atoms with Crippen molar-refractivity contribution in [2.75, 3.05) is 31.1 Å². The third-order valence-corrected chi connectivity index (χ3v) is 7.30. The Morgan fingerprint density at radius 2 is 1.68 bits per heavy atom. The van der Waals surface area contributed by atoms with E-state index in [0.29, 0.717) is 0 Å². The van der Waals surface area contributed by atoms with Gasteiger partial charge in [-0.15, -0.1) is 0 Å². The SMILES string of the molecule is Cc1ccc(N2CCN(C3CCC4(CC3)OCc3ccccc34)CC2)c(C)c1. The van der Waals surface area contributed by atoms with Gasteiger partial charge in [0.25, 0.3) is 0 Å². The number of nitrogens with zero attached hydrogens (tertiary/aromatic N) is 2. The predicted octanol–water partition coefficient (Wildman–Crippen LogP) is 4.79. The molecule has 28 heavy (non-hydrogen) atoms. The lowest BCUT2D eigenvalue weighted by Gasteiger charge is -2.45. The average Bonchev–Trinajstić information content (AvgIpc) is 3.07. The van der Waals surface area contributed by atoms with Crippen LogP contribution in [-0.4, -0.2) is 37.1 Å². The van der Waals surface area contributed by atoms with E-state index in [1.54, 1.807) is 0 Å². The molecule has 1 spiro atoms. The normalized spacial score (nSPS) is 27.9. The van der Waals surface area contributed by atoms with Crippen molar-refractivity contribution in [1.82, 2.24) is 4.90 Å². The molecule has 1 saturated heterocycles. The summed E-state index contributed by atoms with van der Waals surface area (Å²) >= 11 is 0. The first-order valence-corrected chi connectivity index (χ1v) is 10.9. The molecule has 0 amide bonds. The van der Waals surface area contributed by atoms with Crippen LogP contribution in [0.25, 0.3) is 0 Å². The van der Waals surface area contributed by atoms with Crippen molar-refractivity contribution in [1.29, 1.82) is 0 Å². The van der Waals surface area contributed by atoms with E-state index in [1.807, 2.05) is 0 Å². The standard InChI is InChI=1S/C25H32N2O/c1-19-7-8-24(20(2)17-19)27-15-13-26(14-16-27)22-9-11-25(12-10-22)23-6-4-3-5-21(23)18-28-25/h3-8,17,22H,9-16,18H2,1-2H3. The first kappa shape index (κ1) is 18.2. The van der Waals surface area contributed by atoms with Gasteiger partial charge in [-0.1, -0.05) is 42.0 Å². The third-order valence-electron chi connectivity index (χ3n) is 7.30. The zero-order valence-electron chi connectivity index (χ0n) is 17.3. The number of ether oxygens (including phenoxy) is 1. The van der Waals surface area contributed by atoms with Crippen LogP contribution in [-0.2, 0) is 16.9 Å². The fourth-order valence-electron chi connectivity index (χ4n) is 5.72. The smallest absolute Gasteiger partial charge is 0.0940 e. The van der Waals surface area contributed by atoms with E-state index >= 15 is 0 Å². The maximum Gasteiger partial charge on any atom is 0.0940 e. The summed E-state index contributed by atoms with van der Waals surface area (Å²) in [6.07, 6.45) is 4.87. The highest BCUT2D eigenvalue weighted by molar-refractivity contribution is 5.54. The van der Waals surface area contributed by atoms with Crippen molar-refractivity contribution in [3.63, 3.8) is 0 Å². The number of rotatable bonds is 2. The zero-order chi connectivity index (χ0) is 19.1. The molecule has 148 valence electrons. The second-order valence-electron chi connectivity index (χ2n) is 8.98. The maximum atomic E-state index is 6.36.